The summed E-state index contributed by atoms with van der Waals surface area (Å²) < 4.78 is 52.4. The van der Waals surface area contributed by atoms with Gasteiger partial charge in [-0.25, -0.2) is 21.5 Å². The largest absolute Gasteiger partial charge is 0.322 e. The zero-order valence-electron chi connectivity index (χ0n) is 13.4. The zero-order valence-corrected chi connectivity index (χ0v) is 14.2. The van der Waals surface area contributed by atoms with Gasteiger partial charge >= 0.3 is 0 Å². The predicted molar refractivity (Wildman–Crippen MR) is 86.6 cm³/mol. The van der Waals surface area contributed by atoms with Crippen molar-refractivity contribution in [1.82, 2.24) is 8.87 Å². The molecule has 2 rings (SSSR count). The van der Waals surface area contributed by atoms with Crippen LogP contribution in [0.1, 0.15) is 0 Å². The lowest BCUT2D eigenvalue weighted by Crippen LogP contribution is -2.29. The van der Waals surface area contributed by atoms with Gasteiger partial charge in [-0.1, -0.05) is 0 Å². The van der Waals surface area contributed by atoms with Crippen molar-refractivity contribution in [3.05, 3.63) is 58.5 Å². The van der Waals surface area contributed by atoms with Gasteiger partial charge in [-0.3, -0.25) is 9.59 Å². The molecule has 0 spiro atoms. The molecule has 7 nitrogen and oxygen atoms in total. The van der Waals surface area contributed by atoms with Crippen molar-refractivity contribution < 1.29 is 22.0 Å². The van der Waals surface area contributed by atoms with Gasteiger partial charge in [-0.2, -0.15) is 0 Å². The Morgan fingerprint density at radius 3 is 2.48 bits per heavy atom. The number of aromatic nitrogens is 1. The molecular weight excluding hydrogens is 356 g/mol. The molecule has 1 amide bonds. The van der Waals surface area contributed by atoms with Crippen LogP contribution in [-0.4, -0.2) is 37.3 Å². The molecule has 0 saturated carbocycles. The number of anilines is 1. The van der Waals surface area contributed by atoms with Crippen molar-refractivity contribution in [2.45, 2.75) is 11.4 Å². The highest BCUT2D eigenvalue weighted by Crippen LogP contribution is 2.15. The molecule has 0 aliphatic heterocycles. The number of rotatable bonds is 5. The summed E-state index contributed by atoms with van der Waals surface area (Å²) in [5.74, 6) is -2.54. The third kappa shape index (κ3) is 4.28. The highest BCUT2D eigenvalue weighted by atomic mass is 32.2. The van der Waals surface area contributed by atoms with E-state index >= 15 is 0 Å². The molecule has 10 heteroatoms. The van der Waals surface area contributed by atoms with Crippen molar-refractivity contribution >= 4 is 21.6 Å². The Hall–Kier alpha value is -2.59. The van der Waals surface area contributed by atoms with Crippen molar-refractivity contribution in [3.8, 4) is 0 Å². The Balaban J connectivity index is 2.25. The standard InChI is InChI=1S/C15H15F2N3O4S/c1-19(2)25(23,24)11-4-6-15(22)20(8-11)9-14(21)18-13-5-3-10(16)7-12(13)17/h3-8H,9H2,1-2H3,(H,18,21). The van der Waals surface area contributed by atoms with Gasteiger partial charge < -0.3 is 9.88 Å². The van der Waals surface area contributed by atoms with Crippen LogP contribution in [0, 0.1) is 11.6 Å². The molecule has 25 heavy (non-hydrogen) atoms. The fraction of sp³-hybridized carbons (Fsp3) is 0.200. The van der Waals surface area contributed by atoms with Gasteiger partial charge in [-0.15, -0.1) is 0 Å². The van der Waals surface area contributed by atoms with E-state index in [1.807, 2.05) is 0 Å². The van der Waals surface area contributed by atoms with Crippen LogP contribution in [0.15, 0.2) is 46.2 Å². The van der Waals surface area contributed by atoms with Crippen LogP contribution >= 0.6 is 0 Å². The minimum absolute atomic E-state index is 0.169. The van der Waals surface area contributed by atoms with Crippen LogP contribution in [-0.2, 0) is 21.4 Å². The lowest BCUT2D eigenvalue weighted by Gasteiger charge is -2.13. The molecule has 0 bridgehead atoms. The number of carbonyl (C=O) groups is 1. The molecule has 0 saturated heterocycles. The Morgan fingerprint density at radius 1 is 1.20 bits per heavy atom. The smallest absolute Gasteiger partial charge is 0.251 e. The molecule has 1 aromatic heterocycles. The molecule has 1 N–H and O–H groups in total. The third-order valence-corrected chi connectivity index (χ3v) is 5.05. The summed E-state index contributed by atoms with van der Waals surface area (Å²) in [5.41, 5.74) is -0.857. The number of sulfonamides is 1. The number of benzene rings is 1. The van der Waals surface area contributed by atoms with Crippen LogP contribution in [0.3, 0.4) is 0 Å². The van der Waals surface area contributed by atoms with E-state index < -0.39 is 39.7 Å². The van der Waals surface area contributed by atoms with Crippen LogP contribution in [0.25, 0.3) is 0 Å². The molecule has 134 valence electrons. The maximum Gasteiger partial charge on any atom is 0.251 e. The SMILES string of the molecule is CN(C)S(=O)(=O)c1ccc(=O)n(CC(=O)Nc2ccc(F)cc2F)c1. The molecular formula is C15H15F2N3O4S. The van der Waals surface area contributed by atoms with Gasteiger partial charge in [0.25, 0.3) is 5.56 Å². The number of pyridine rings is 1. The van der Waals surface area contributed by atoms with Crippen LogP contribution in [0.5, 0.6) is 0 Å². The summed E-state index contributed by atoms with van der Waals surface area (Å²) in [6.07, 6.45) is 1.03. The Morgan fingerprint density at radius 2 is 1.88 bits per heavy atom. The van der Waals surface area contributed by atoms with Crippen LogP contribution in [0.2, 0.25) is 0 Å². The fourth-order valence-electron chi connectivity index (χ4n) is 1.93. The van der Waals surface area contributed by atoms with Crippen molar-refractivity contribution in [2.24, 2.45) is 0 Å². The highest BCUT2D eigenvalue weighted by Gasteiger charge is 2.19. The third-order valence-electron chi connectivity index (χ3n) is 3.25. The molecule has 0 fully saturated rings. The van der Waals surface area contributed by atoms with Gasteiger partial charge in [0.1, 0.15) is 18.2 Å². The number of carbonyl (C=O) groups excluding carboxylic acids is 1. The lowest BCUT2D eigenvalue weighted by molar-refractivity contribution is -0.116. The topological polar surface area (TPSA) is 88.5 Å². The summed E-state index contributed by atoms with van der Waals surface area (Å²) in [6.45, 7) is -0.535. The minimum Gasteiger partial charge on any atom is -0.322 e. The van der Waals surface area contributed by atoms with Gasteiger partial charge in [0.15, 0.2) is 0 Å². The Kier molecular flexibility index (Phi) is 5.33. The second kappa shape index (κ2) is 7.11. The van der Waals surface area contributed by atoms with E-state index in [1.165, 1.54) is 14.1 Å². The molecule has 0 unspecified atom stereocenters. The molecule has 0 radical (unpaired) electrons. The van der Waals surface area contributed by atoms with Gasteiger partial charge in [-0.05, 0) is 18.2 Å². The van der Waals surface area contributed by atoms with E-state index in [1.54, 1.807) is 0 Å². The fourth-order valence-corrected chi connectivity index (χ4v) is 2.85. The molecule has 2 aromatic rings. The quantitative estimate of drug-likeness (QED) is 0.850. The number of hydrogen-bond donors (Lipinski definition) is 1. The first-order valence-electron chi connectivity index (χ1n) is 6.99. The van der Waals surface area contributed by atoms with Gasteiger partial charge in [0, 0.05) is 32.4 Å². The molecule has 0 atom stereocenters. The summed E-state index contributed by atoms with van der Waals surface area (Å²) in [4.78, 5) is 23.6. The van der Waals surface area contributed by atoms with Crippen molar-refractivity contribution in [1.29, 1.82) is 0 Å². The predicted octanol–water partition coefficient (Wildman–Crippen LogP) is 1.02. The number of hydrogen-bond acceptors (Lipinski definition) is 4. The van der Waals surface area contributed by atoms with Crippen molar-refractivity contribution in [2.75, 3.05) is 19.4 Å². The second-order valence-corrected chi connectivity index (χ2v) is 7.44. The normalized spacial score (nSPS) is 11.6. The van der Waals surface area contributed by atoms with Gasteiger partial charge in [0.05, 0.1) is 10.6 Å². The average Bonchev–Trinajstić information content (AvgIpc) is 2.52. The summed E-state index contributed by atoms with van der Waals surface area (Å²) in [6, 6.07) is 4.76. The molecule has 0 aliphatic carbocycles. The van der Waals surface area contributed by atoms with Gasteiger partial charge in [0.2, 0.25) is 15.9 Å². The number of halogens is 2. The minimum atomic E-state index is -3.78. The van der Waals surface area contributed by atoms with E-state index in [9.17, 15) is 26.8 Å². The lowest BCUT2D eigenvalue weighted by atomic mass is 10.3. The van der Waals surface area contributed by atoms with E-state index in [4.69, 9.17) is 0 Å². The average molecular weight is 371 g/mol. The number of nitrogens with one attached hydrogen (secondary N) is 1. The monoisotopic (exact) mass is 371 g/mol. The van der Waals surface area contributed by atoms with Crippen molar-refractivity contribution in [3.63, 3.8) is 0 Å². The molecule has 1 heterocycles. The van der Waals surface area contributed by atoms with E-state index in [0.717, 1.165) is 39.3 Å². The second-order valence-electron chi connectivity index (χ2n) is 5.29. The summed E-state index contributed by atoms with van der Waals surface area (Å²) in [5, 5.41) is 2.19. The van der Waals surface area contributed by atoms with E-state index in [-0.39, 0.29) is 10.6 Å². The number of amides is 1. The first-order chi connectivity index (χ1) is 11.6. The molecule has 0 aliphatic rings. The summed E-state index contributed by atoms with van der Waals surface area (Å²) in [7, 11) is -1.13. The van der Waals surface area contributed by atoms with Crippen LogP contribution < -0.4 is 10.9 Å². The maximum absolute atomic E-state index is 13.5. The highest BCUT2D eigenvalue weighted by molar-refractivity contribution is 7.89. The molecule has 1 aromatic carbocycles. The maximum atomic E-state index is 13.5. The summed E-state index contributed by atoms with van der Waals surface area (Å²) >= 11 is 0. The van der Waals surface area contributed by atoms with E-state index in [2.05, 4.69) is 5.32 Å². The van der Waals surface area contributed by atoms with Crippen LogP contribution in [0.4, 0.5) is 14.5 Å². The first kappa shape index (κ1) is 18.7. The zero-order chi connectivity index (χ0) is 18.8. The Bertz CT molecular complexity index is 971. The van der Waals surface area contributed by atoms with E-state index in [0.29, 0.717) is 6.07 Å². The number of nitrogens with zero attached hydrogens (tertiary/aromatic N) is 2. The Labute approximate surface area is 142 Å². The first-order valence-corrected chi connectivity index (χ1v) is 8.43.